The summed E-state index contributed by atoms with van der Waals surface area (Å²) in [6.07, 6.45) is -0.151. The van der Waals surface area contributed by atoms with Crippen LogP contribution in [0.1, 0.15) is 25.6 Å². The van der Waals surface area contributed by atoms with Gasteiger partial charge >= 0.3 is 0 Å². The number of carbonyl (C=O) groups is 1. The number of ether oxygens (including phenoxy) is 1. The normalized spacial score (nSPS) is 12.2. The van der Waals surface area contributed by atoms with Crippen molar-refractivity contribution in [2.24, 2.45) is 5.92 Å². The molecule has 2 N–H and O–H groups in total. The summed E-state index contributed by atoms with van der Waals surface area (Å²) in [5.74, 6) is 1.11. The molecular weight excluding hydrogens is 298 g/mol. The van der Waals surface area contributed by atoms with Crippen molar-refractivity contribution in [2.75, 3.05) is 6.54 Å². The molecule has 0 aliphatic heterocycles. The molecule has 0 unspecified atom stereocenters. The molecule has 0 fully saturated rings. The Bertz CT molecular complexity index is 613. The molecule has 0 aliphatic carbocycles. The van der Waals surface area contributed by atoms with E-state index in [1.54, 1.807) is 0 Å². The predicted octanol–water partition coefficient (Wildman–Crippen LogP) is 1.32. The van der Waals surface area contributed by atoms with Gasteiger partial charge in [-0.15, -0.1) is 0 Å². The van der Waals surface area contributed by atoms with E-state index in [0.29, 0.717) is 24.5 Å². The van der Waals surface area contributed by atoms with Gasteiger partial charge in [0.1, 0.15) is 12.4 Å². The zero-order valence-corrected chi connectivity index (χ0v) is 13.2. The molecule has 0 spiro atoms. The molecule has 124 valence electrons. The summed E-state index contributed by atoms with van der Waals surface area (Å²) in [6, 6.07) is 9.25. The number of benzene rings is 1. The topological polar surface area (TPSA) is 97.5 Å². The number of amides is 1. The van der Waals surface area contributed by atoms with Crippen LogP contribution in [-0.4, -0.2) is 33.8 Å². The Morgan fingerprint density at radius 1 is 1.35 bits per heavy atom. The molecule has 1 amide bonds. The molecule has 0 saturated heterocycles. The Morgan fingerprint density at radius 3 is 2.70 bits per heavy atom. The van der Waals surface area contributed by atoms with Crippen LogP contribution in [-0.2, 0) is 17.8 Å². The van der Waals surface area contributed by atoms with E-state index in [2.05, 4.69) is 15.5 Å². The van der Waals surface area contributed by atoms with Crippen LogP contribution in [0.15, 0.2) is 34.9 Å². The second-order valence-electron chi connectivity index (χ2n) is 5.40. The van der Waals surface area contributed by atoms with Crippen molar-refractivity contribution in [3.05, 3.63) is 42.0 Å². The highest BCUT2D eigenvalue weighted by molar-refractivity contribution is 5.81. The molecule has 0 bridgehead atoms. The summed E-state index contributed by atoms with van der Waals surface area (Å²) in [5, 5.41) is 15.4. The van der Waals surface area contributed by atoms with Crippen molar-refractivity contribution >= 4 is 5.91 Å². The van der Waals surface area contributed by atoms with Crippen LogP contribution in [0, 0.1) is 5.92 Å². The van der Waals surface area contributed by atoms with Crippen molar-refractivity contribution < 1.29 is 19.2 Å². The van der Waals surface area contributed by atoms with Gasteiger partial charge in [-0.2, -0.15) is 4.98 Å². The van der Waals surface area contributed by atoms with E-state index in [1.165, 1.54) is 0 Å². The number of nitrogens with zero attached hydrogens (tertiary/aromatic N) is 2. The van der Waals surface area contributed by atoms with Gasteiger partial charge in [-0.1, -0.05) is 37.2 Å². The highest BCUT2D eigenvalue weighted by Crippen LogP contribution is 2.15. The van der Waals surface area contributed by atoms with E-state index in [-0.39, 0.29) is 24.3 Å². The highest BCUT2D eigenvalue weighted by Gasteiger charge is 2.24. The van der Waals surface area contributed by atoms with E-state index in [0.717, 1.165) is 0 Å². The Hall–Kier alpha value is -2.41. The number of para-hydroxylation sites is 1. The van der Waals surface area contributed by atoms with Crippen molar-refractivity contribution in [3.63, 3.8) is 0 Å². The smallest absolute Gasteiger partial charge is 0.261 e. The zero-order valence-electron chi connectivity index (χ0n) is 13.2. The average molecular weight is 319 g/mol. The summed E-state index contributed by atoms with van der Waals surface area (Å²) in [6.45, 7) is 3.93. The maximum Gasteiger partial charge on any atom is 0.261 e. The van der Waals surface area contributed by atoms with Crippen LogP contribution in [0.25, 0.3) is 0 Å². The van der Waals surface area contributed by atoms with Crippen molar-refractivity contribution in [1.82, 2.24) is 15.5 Å². The minimum absolute atomic E-state index is 0.0290. The molecule has 2 aromatic rings. The third-order valence-electron chi connectivity index (χ3n) is 3.16. The summed E-state index contributed by atoms with van der Waals surface area (Å²) >= 11 is 0. The van der Waals surface area contributed by atoms with Gasteiger partial charge in [0, 0.05) is 13.0 Å². The fourth-order valence-electron chi connectivity index (χ4n) is 1.99. The number of nitrogens with one attached hydrogen (secondary N) is 1. The van der Waals surface area contributed by atoms with Gasteiger partial charge < -0.3 is 19.7 Å². The average Bonchev–Trinajstić information content (AvgIpc) is 3.01. The second-order valence-corrected chi connectivity index (χ2v) is 5.40. The molecule has 23 heavy (non-hydrogen) atoms. The minimum atomic E-state index is -0.573. The molecule has 7 nitrogen and oxygen atoms in total. The van der Waals surface area contributed by atoms with E-state index in [4.69, 9.17) is 14.4 Å². The number of carbonyl (C=O) groups excluding carboxylic acids is 1. The van der Waals surface area contributed by atoms with Crippen molar-refractivity contribution in [1.29, 1.82) is 0 Å². The number of aromatic nitrogens is 2. The van der Waals surface area contributed by atoms with Gasteiger partial charge in [-0.3, -0.25) is 4.79 Å². The number of hydrogen-bond acceptors (Lipinski definition) is 6. The van der Waals surface area contributed by atoms with Crippen LogP contribution >= 0.6 is 0 Å². The predicted molar refractivity (Wildman–Crippen MR) is 82.6 cm³/mol. The molecule has 0 radical (unpaired) electrons. The van der Waals surface area contributed by atoms with Gasteiger partial charge in [0.25, 0.3) is 11.8 Å². The lowest BCUT2D eigenvalue weighted by Crippen LogP contribution is -2.42. The first-order valence-corrected chi connectivity index (χ1v) is 7.52. The fraction of sp³-hybridized carbons (Fsp3) is 0.438. The summed E-state index contributed by atoms with van der Waals surface area (Å²) < 4.78 is 10.6. The number of aliphatic hydroxyl groups excluding tert-OH is 1. The maximum atomic E-state index is 12.3. The number of hydrogen-bond donors (Lipinski definition) is 2. The van der Waals surface area contributed by atoms with E-state index >= 15 is 0 Å². The molecule has 1 aromatic heterocycles. The second kappa shape index (κ2) is 8.28. The van der Waals surface area contributed by atoms with Crippen LogP contribution < -0.4 is 10.1 Å². The fourth-order valence-corrected chi connectivity index (χ4v) is 1.99. The van der Waals surface area contributed by atoms with Gasteiger partial charge in [-0.05, 0) is 18.1 Å². The van der Waals surface area contributed by atoms with Gasteiger partial charge in [0.15, 0.2) is 11.9 Å². The van der Waals surface area contributed by atoms with E-state index in [9.17, 15) is 4.79 Å². The molecule has 0 saturated carbocycles. The van der Waals surface area contributed by atoms with Gasteiger partial charge in [-0.25, -0.2) is 0 Å². The highest BCUT2D eigenvalue weighted by atomic mass is 16.5. The molecule has 1 atom stereocenters. The molecule has 1 heterocycles. The van der Waals surface area contributed by atoms with Crippen LogP contribution in [0.4, 0.5) is 0 Å². The summed E-state index contributed by atoms with van der Waals surface area (Å²) in [4.78, 5) is 16.3. The van der Waals surface area contributed by atoms with Crippen LogP contribution in [0.5, 0.6) is 5.75 Å². The minimum Gasteiger partial charge on any atom is -0.480 e. The first-order chi connectivity index (χ1) is 11.1. The van der Waals surface area contributed by atoms with Crippen molar-refractivity contribution in [3.8, 4) is 5.75 Å². The Morgan fingerprint density at radius 2 is 2.09 bits per heavy atom. The number of aliphatic hydroxyl groups is 1. The lowest BCUT2D eigenvalue weighted by atomic mass is 10.1. The Balaban J connectivity index is 1.85. The zero-order chi connectivity index (χ0) is 16.7. The Labute approximate surface area is 134 Å². The Kier molecular flexibility index (Phi) is 6.10. The lowest BCUT2D eigenvalue weighted by molar-refractivity contribution is -0.129. The largest absolute Gasteiger partial charge is 0.480 e. The standard InChI is InChI=1S/C16H21N3O4/c1-11(2)15(22-12-6-4-3-5-7-12)16(21)17-9-8-13-18-14(10-20)23-19-13/h3-7,11,15,20H,8-10H2,1-2H3,(H,17,21)/t15-/m1/s1. The third kappa shape index (κ3) is 5.07. The summed E-state index contributed by atoms with van der Waals surface area (Å²) in [5.41, 5.74) is 0. The SMILES string of the molecule is CC(C)[C@@H](Oc1ccccc1)C(=O)NCCc1noc(CO)n1. The summed E-state index contributed by atoms with van der Waals surface area (Å²) in [7, 11) is 0. The molecule has 0 aliphatic rings. The first-order valence-electron chi connectivity index (χ1n) is 7.52. The molecule has 7 heteroatoms. The van der Waals surface area contributed by atoms with Crippen molar-refractivity contribution in [2.45, 2.75) is 33.0 Å². The maximum absolute atomic E-state index is 12.3. The quantitative estimate of drug-likeness (QED) is 0.761. The van der Waals surface area contributed by atoms with Gasteiger partial charge in [0.2, 0.25) is 0 Å². The molecule has 1 aromatic carbocycles. The number of rotatable bonds is 8. The lowest BCUT2D eigenvalue weighted by Gasteiger charge is -2.21. The van der Waals surface area contributed by atoms with Crippen LogP contribution in [0.2, 0.25) is 0 Å². The van der Waals surface area contributed by atoms with Gasteiger partial charge in [0.05, 0.1) is 0 Å². The van der Waals surface area contributed by atoms with E-state index < -0.39 is 6.10 Å². The molecule has 2 rings (SSSR count). The monoisotopic (exact) mass is 319 g/mol. The third-order valence-corrected chi connectivity index (χ3v) is 3.16. The first kappa shape index (κ1) is 17.0. The van der Waals surface area contributed by atoms with E-state index in [1.807, 2.05) is 44.2 Å². The molecular formula is C16H21N3O4. The van der Waals surface area contributed by atoms with Crippen LogP contribution in [0.3, 0.4) is 0 Å².